The first kappa shape index (κ1) is 16.1. The molecule has 0 atom stereocenters. The lowest BCUT2D eigenvalue weighted by Gasteiger charge is -2.34. The van der Waals surface area contributed by atoms with Crippen LogP contribution < -0.4 is 10.2 Å². The third-order valence-corrected chi connectivity index (χ3v) is 5.76. The van der Waals surface area contributed by atoms with E-state index in [1.54, 1.807) is 0 Å². The average Bonchev–Trinajstić information content (AvgIpc) is 3.07. The van der Waals surface area contributed by atoms with E-state index in [1.165, 1.54) is 17.0 Å². The summed E-state index contributed by atoms with van der Waals surface area (Å²) in [4.78, 5) is 18.0. The number of amides is 1. The van der Waals surface area contributed by atoms with Crippen LogP contribution in [0.1, 0.15) is 9.67 Å². The molecule has 25 heavy (non-hydrogen) atoms. The molecule has 1 amide bonds. The number of thiophene rings is 1. The molecule has 1 aromatic heterocycles. The van der Waals surface area contributed by atoms with Gasteiger partial charge in [-0.25, -0.2) is 0 Å². The van der Waals surface area contributed by atoms with Gasteiger partial charge in [0.25, 0.3) is 5.91 Å². The van der Waals surface area contributed by atoms with Gasteiger partial charge in [-0.1, -0.05) is 18.2 Å². The first-order chi connectivity index (χ1) is 12.2. The summed E-state index contributed by atoms with van der Waals surface area (Å²) in [6.07, 6.45) is 0. The quantitative estimate of drug-likeness (QED) is 0.777. The molecule has 3 aromatic rings. The molecule has 0 aliphatic carbocycles. The SMILES string of the molecule is CN1CCN(c2ccc(NC(=O)c3cc4ccccc4s3)cc2)CC1. The van der Waals surface area contributed by atoms with E-state index in [0.717, 1.165) is 46.8 Å². The predicted octanol–water partition coefficient (Wildman–Crippen LogP) is 3.91. The van der Waals surface area contributed by atoms with Crippen LogP contribution in [-0.4, -0.2) is 44.0 Å². The number of nitrogens with one attached hydrogen (secondary N) is 1. The molecule has 2 heterocycles. The highest BCUT2D eigenvalue weighted by atomic mass is 32.1. The minimum atomic E-state index is -0.0476. The second kappa shape index (κ2) is 6.86. The third-order valence-electron chi connectivity index (χ3n) is 4.64. The van der Waals surface area contributed by atoms with Crippen LogP contribution in [0.4, 0.5) is 11.4 Å². The molecule has 0 radical (unpaired) electrons. The molecule has 1 saturated heterocycles. The van der Waals surface area contributed by atoms with Crippen LogP contribution in [0.2, 0.25) is 0 Å². The van der Waals surface area contributed by atoms with Gasteiger partial charge in [0.15, 0.2) is 0 Å². The van der Waals surface area contributed by atoms with E-state index >= 15 is 0 Å². The van der Waals surface area contributed by atoms with E-state index in [9.17, 15) is 4.79 Å². The highest BCUT2D eigenvalue weighted by molar-refractivity contribution is 7.20. The van der Waals surface area contributed by atoms with E-state index < -0.39 is 0 Å². The number of anilines is 2. The van der Waals surface area contributed by atoms with Crippen molar-refractivity contribution in [1.29, 1.82) is 0 Å². The van der Waals surface area contributed by atoms with Crippen LogP contribution in [0.3, 0.4) is 0 Å². The van der Waals surface area contributed by atoms with E-state index in [-0.39, 0.29) is 5.91 Å². The van der Waals surface area contributed by atoms with E-state index in [2.05, 4.69) is 34.3 Å². The average molecular weight is 351 g/mol. The van der Waals surface area contributed by atoms with Crippen LogP contribution in [0.25, 0.3) is 10.1 Å². The summed E-state index contributed by atoms with van der Waals surface area (Å²) in [7, 11) is 2.16. The van der Waals surface area contributed by atoms with Crippen molar-refractivity contribution in [3.05, 3.63) is 59.5 Å². The molecule has 128 valence electrons. The molecule has 0 bridgehead atoms. The first-order valence-corrected chi connectivity index (χ1v) is 9.34. The summed E-state index contributed by atoms with van der Waals surface area (Å²) in [6.45, 7) is 4.27. The van der Waals surface area contributed by atoms with Gasteiger partial charge in [-0.2, -0.15) is 0 Å². The van der Waals surface area contributed by atoms with E-state index in [1.807, 2.05) is 42.5 Å². The Morgan fingerprint density at radius 1 is 1.00 bits per heavy atom. The van der Waals surface area contributed by atoms with Gasteiger partial charge in [-0.15, -0.1) is 11.3 Å². The van der Waals surface area contributed by atoms with Crippen molar-refractivity contribution in [1.82, 2.24) is 4.90 Å². The van der Waals surface area contributed by atoms with Crippen molar-refractivity contribution >= 4 is 38.7 Å². The van der Waals surface area contributed by atoms with Crippen molar-refractivity contribution in [2.75, 3.05) is 43.4 Å². The molecule has 4 nitrogen and oxygen atoms in total. The normalized spacial score (nSPS) is 15.5. The maximum absolute atomic E-state index is 12.5. The van der Waals surface area contributed by atoms with Crippen molar-refractivity contribution in [3.63, 3.8) is 0 Å². The number of nitrogens with zero attached hydrogens (tertiary/aromatic N) is 2. The topological polar surface area (TPSA) is 35.6 Å². The molecule has 4 rings (SSSR count). The molecule has 0 unspecified atom stereocenters. The molecule has 1 aliphatic rings. The Balaban J connectivity index is 1.44. The lowest BCUT2D eigenvalue weighted by atomic mass is 10.2. The highest BCUT2D eigenvalue weighted by Gasteiger charge is 2.14. The Hall–Kier alpha value is -2.37. The van der Waals surface area contributed by atoms with Crippen molar-refractivity contribution in [2.24, 2.45) is 0 Å². The number of fused-ring (bicyclic) bond motifs is 1. The molecular weight excluding hydrogens is 330 g/mol. The van der Waals surface area contributed by atoms with Gasteiger partial charge < -0.3 is 15.1 Å². The van der Waals surface area contributed by atoms with E-state index in [0.29, 0.717) is 0 Å². The maximum atomic E-state index is 12.5. The lowest BCUT2D eigenvalue weighted by Crippen LogP contribution is -2.44. The van der Waals surface area contributed by atoms with Crippen molar-refractivity contribution < 1.29 is 4.79 Å². The van der Waals surface area contributed by atoms with Crippen LogP contribution in [0.15, 0.2) is 54.6 Å². The van der Waals surface area contributed by atoms with Gasteiger partial charge in [-0.3, -0.25) is 4.79 Å². The Kier molecular flexibility index (Phi) is 4.42. The first-order valence-electron chi connectivity index (χ1n) is 8.52. The third kappa shape index (κ3) is 3.52. The Morgan fingerprint density at radius 2 is 1.72 bits per heavy atom. The number of carbonyl (C=O) groups is 1. The smallest absolute Gasteiger partial charge is 0.265 e. The second-order valence-electron chi connectivity index (χ2n) is 6.44. The molecule has 0 saturated carbocycles. The molecular formula is C20H21N3OS. The number of benzene rings is 2. The van der Waals surface area contributed by atoms with Gasteiger partial charge in [0.05, 0.1) is 4.88 Å². The summed E-state index contributed by atoms with van der Waals surface area (Å²) in [5, 5.41) is 4.12. The monoisotopic (exact) mass is 351 g/mol. The van der Waals surface area contributed by atoms with Crippen molar-refractivity contribution in [3.8, 4) is 0 Å². The zero-order chi connectivity index (χ0) is 17.2. The van der Waals surface area contributed by atoms with Crippen molar-refractivity contribution in [2.45, 2.75) is 0 Å². The number of carbonyl (C=O) groups excluding carboxylic acids is 1. The van der Waals surface area contributed by atoms with Gasteiger partial charge >= 0.3 is 0 Å². The minimum Gasteiger partial charge on any atom is -0.369 e. The summed E-state index contributed by atoms with van der Waals surface area (Å²) >= 11 is 1.53. The van der Waals surface area contributed by atoms with Crippen LogP contribution >= 0.6 is 11.3 Å². The predicted molar refractivity (Wildman–Crippen MR) is 106 cm³/mol. The van der Waals surface area contributed by atoms with Gasteiger partial charge in [0, 0.05) is 42.3 Å². The summed E-state index contributed by atoms with van der Waals surface area (Å²) in [6, 6.07) is 18.2. The number of rotatable bonds is 3. The lowest BCUT2D eigenvalue weighted by molar-refractivity contribution is 0.103. The molecule has 1 fully saturated rings. The number of piperazine rings is 1. The summed E-state index contributed by atoms with van der Waals surface area (Å²) in [5.74, 6) is -0.0476. The maximum Gasteiger partial charge on any atom is 0.265 e. The summed E-state index contributed by atoms with van der Waals surface area (Å²) < 4.78 is 1.14. The van der Waals surface area contributed by atoms with E-state index in [4.69, 9.17) is 0 Å². The Labute approximate surface area is 151 Å². The molecule has 1 N–H and O–H groups in total. The molecule has 2 aromatic carbocycles. The molecule has 5 heteroatoms. The van der Waals surface area contributed by atoms with Crippen LogP contribution in [0.5, 0.6) is 0 Å². The zero-order valence-electron chi connectivity index (χ0n) is 14.2. The molecule has 0 spiro atoms. The fourth-order valence-corrected chi connectivity index (χ4v) is 4.06. The number of likely N-dealkylation sites (N-methyl/N-ethyl adjacent to an activating group) is 1. The standard InChI is InChI=1S/C20H21N3OS/c1-22-10-12-23(13-11-22)17-8-6-16(7-9-17)21-20(24)19-14-15-4-2-3-5-18(15)25-19/h2-9,14H,10-13H2,1H3,(H,21,24). The Bertz CT molecular complexity index is 846. The van der Waals surface area contributed by atoms with Gasteiger partial charge in [0.2, 0.25) is 0 Å². The van der Waals surface area contributed by atoms with Crippen LogP contribution in [-0.2, 0) is 0 Å². The fraction of sp³-hybridized carbons (Fsp3) is 0.250. The van der Waals surface area contributed by atoms with Gasteiger partial charge in [-0.05, 0) is 48.8 Å². The summed E-state index contributed by atoms with van der Waals surface area (Å²) in [5.41, 5.74) is 2.05. The minimum absolute atomic E-state index is 0.0476. The van der Waals surface area contributed by atoms with Gasteiger partial charge in [0.1, 0.15) is 0 Å². The number of hydrogen-bond donors (Lipinski definition) is 1. The van der Waals surface area contributed by atoms with Crippen LogP contribution in [0, 0.1) is 0 Å². The largest absolute Gasteiger partial charge is 0.369 e. The highest BCUT2D eigenvalue weighted by Crippen LogP contribution is 2.26. The fourth-order valence-electron chi connectivity index (χ4n) is 3.11. The zero-order valence-corrected chi connectivity index (χ0v) is 15.1. The molecule has 1 aliphatic heterocycles. The number of hydrogen-bond acceptors (Lipinski definition) is 4. The second-order valence-corrected chi connectivity index (χ2v) is 7.52. The Morgan fingerprint density at radius 3 is 2.44 bits per heavy atom.